The van der Waals surface area contributed by atoms with Gasteiger partial charge in [0.2, 0.25) is 0 Å². The van der Waals surface area contributed by atoms with Crippen molar-refractivity contribution in [3.63, 3.8) is 0 Å². The predicted octanol–water partition coefficient (Wildman–Crippen LogP) is 20.6. The molecule has 2 bridgehead atoms. The van der Waals surface area contributed by atoms with E-state index in [1.807, 2.05) is 22.7 Å². The van der Waals surface area contributed by atoms with Gasteiger partial charge in [-0.3, -0.25) is 0 Å². The van der Waals surface area contributed by atoms with E-state index in [2.05, 4.69) is 257 Å². The molecule has 4 nitrogen and oxygen atoms in total. The summed E-state index contributed by atoms with van der Waals surface area (Å²) < 4.78 is 7.65. The van der Waals surface area contributed by atoms with Crippen molar-refractivity contribution in [1.29, 1.82) is 0 Å². The SMILES string of the molecule is CC(C)(C)c1cc(C(C)(C)C)c2c(c1)c1cc(C(C)(C)C)cc3c1n2-c1c(-c2ccccc2)cc(-c2nc(-c4ccc5c(c4)sc4ccccc45)nc(-c4ccc5c(c4)sc4ccccc45)n2)cc1-c1cccc(c1)C3(C)C. The van der Waals surface area contributed by atoms with E-state index in [-0.39, 0.29) is 21.7 Å². The third-order valence-electron chi connectivity index (χ3n) is 16.7. The van der Waals surface area contributed by atoms with Crippen molar-refractivity contribution in [2.75, 3.05) is 0 Å². The predicted molar refractivity (Wildman–Crippen MR) is 335 cm³/mol. The Morgan fingerprint density at radius 2 is 0.859 bits per heavy atom. The Morgan fingerprint density at radius 1 is 0.372 bits per heavy atom. The average molecular weight is 1050 g/mol. The second-order valence-corrected chi connectivity index (χ2v) is 27.5. The fourth-order valence-electron chi connectivity index (χ4n) is 12.2. The molecule has 0 amide bonds. The molecular formula is C72H62N4S2. The zero-order valence-corrected chi connectivity index (χ0v) is 48.0. The number of hydrogen-bond donors (Lipinski definition) is 0. The third-order valence-corrected chi connectivity index (χ3v) is 18.9. The molecule has 0 aliphatic carbocycles. The summed E-state index contributed by atoms with van der Waals surface area (Å²) in [5, 5.41) is 7.60. The Labute approximate surface area is 465 Å². The summed E-state index contributed by atoms with van der Waals surface area (Å²) in [5.41, 5.74) is 16.9. The molecule has 5 heterocycles. The molecule has 9 aromatic carbocycles. The number of fused-ring (bicyclic) bond motifs is 14. The van der Waals surface area contributed by atoms with E-state index >= 15 is 0 Å². The summed E-state index contributed by atoms with van der Waals surface area (Å²) in [6.07, 6.45) is 0. The number of rotatable bonds is 4. The Kier molecular flexibility index (Phi) is 10.7. The molecule has 1 aliphatic rings. The van der Waals surface area contributed by atoms with Crippen LogP contribution in [0.5, 0.6) is 0 Å². The first kappa shape index (κ1) is 48.6. The van der Waals surface area contributed by atoms with Crippen molar-refractivity contribution in [2.24, 2.45) is 0 Å². The lowest BCUT2D eigenvalue weighted by atomic mass is 9.74. The van der Waals surface area contributed by atoms with Crippen molar-refractivity contribution >= 4 is 84.8 Å². The minimum absolute atomic E-state index is 0.0766. The molecule has 0 spiro atoms. The van der Waals surface area contributed by atoms with Gasteiger partial charge in [-0.15, -0.1) is 22.7 Å². The van der Waals surface area contributed by atoms with E-state index in [1.54, 1.807) is 0 Å². The Balaban J connectivity index is 1.12. The molecule has 78 heavy (non-hydrogen) atoms. The molecule has 0 fully saturated rings. The molecule has 0 N–H and O–H groups in total. The fraction of sp³-hybridized carbons (Fsp3) is 0.208. The summed E-state index contributed by atoms with van der Waals surface area (Å²) >= 11 is 3.63. The molecule has 0 radical (unpaired) electrons. The van der Waals surface area contributed by atoms with Crippen LogP contribution in [0, 0.1) is 0 Å². The molecule has 6 heteroatoms. The van der Waals surface area contributed by atoms with Gasteiger partial charge < -0.3 is 4.57 Å². The highest BCUT2D eigenvalue weighted by Crippen LogP contribution is 2.52. The van der Waals surface area contributed by atoms with Gasteiger partial charge >= 0.3 is 0 Å². The lowest BCUT2D eigenvalue weighted by molar-refractivity contribution is 0.572. The second-order valence-electron chi connectivity index (χ2n) is 25.3. The van der Waals surface area contributed by atoms with Gasteiger partial charge in [-0.05, 0) is 104 Å². The van der Waals surface area contributed by atoms with Crippen LogP contribution in [0.15, 0.2) is 176 Å². The van der Waals surface area contributed by atoms with E-state index in [9.17, 15) is 0 Å². The second kappa shape index (κ2) is 17.1. The lowest BCUT2D eigenvalue weighted by Gasteiger charge is -2.30. The van der Waals surface area contributed by atoms with E-state index in [0.29, 0.717) is 17.5 Å². The molecule has 4 aromatic heterocycles. The van der Waals surface area contributed by atoms with Crippen LogP contribution in [0.4, 0.5) is 0 Å². The first-order chi connectivity index (χ1) is 37.3. The Hall–Kier alpha value is -7.77. The van der Waals surface area contributed by atoms with E-state index < -0.39 is 0 Å². The van der Waals surface area contributed by atoms with Crippen LogP contribution in [0.25, 0.3) is 124 Å². The molecule has 1 aliphatic heterocycles. The quantitative estimate of drug-likeness (QED) is 0.176. The number of thiophene rings is 2. The van der Waals surface area contributed by atoms with Crippen LogP contribution in [-0.2, 0) is 21.7 Å². The summed E-state index contributed by atoms with van der Waals surface area (Å²) in [6, 6.07) is 66.0. The fourth-order valence-corrected chi connectivity index (χ4v) is 14.5. The molecule has 0 unspecified atom stereocenters. The first-order valence-corrected chi connectivity index (χ1v) is 29.0. The Morgan fingerprint density at radius 3 is 1.42 bits per heavy atom. The van der Waals surface area contributed by atoms with Crippen molar-refractivity contribution < 1.29 is 0 Å². The number of aromatic nitrogens is 4. The monoisotopic (exact) mass is 1050 g/mol. The zero-order valence-electron chi connectivity index (χ0n) is 46.3. The number of hydrogen-bond acceptors (Lipinski definition) is 5. The third kappa shape index (κ3) is 7.69. The van der Waals surface area contributed by atoms with Gasteiger partial charge in [-0.1, -0.05) is 204 Å². The van der Waals surface area contributed by atoms with Gasteiger partial charge in [0.05, 0.1) is 16.7 Å². The maximum atomic E-state index is 5.56. The lowest BCUT2D eigenvalue weighted by Crippen LogP contribution is -2.22. The minimum atomic E-state index is -0.378. The van der Waals surface area contributed by atoms with Gasteiger partial charge in [0.25, 0.3) is 0 Å². The largest absolute Gasteiger partial charge is 0.307 e. The average Bonchev–Trinajstić information content (AvgIpc) is 3.76. The summed E-state index contributed by atoms with van der Waals surface area (Å²) in [5.74, 6) is 1.91. The highest BCUT2D eigenvalue weighted by molar-refractivity contribution is 7.26. The van der Waals surface area contributed by atoms with Crippen molar-refractivity contribution in [3.8, 4) is 62.1 Å². The van der Waals surface area contributed by atoms with Crippen molar-refractivity contribution in [1.82, 2.24) is 19.5 Å². The summed E-state index contributed by atoms with van der Waals surface area (Å²) in [4.78, 5) is 16.5. The van der Waals surface area contributed by atoms with Gasteiger partial charge in [0.1, 0.15) is 0 Å². The van der Waals surface area contributed by atoms with Gasteiger partial charge in [0.15, 0.2) is 17.5 Å². The Bertz CT molecular complexity index is 4510. The summed E-state index contributed by atoms with van der Waals surface area (Å²) in [7, 11) is 0. The van der Waals surface area contributed by atoms with E-state index in [0.717, 1.165) is 44.6 Å². The van der Waals surface area contributed by atoms with Crippen LogP contribution in [0.3, 0.4) is 0 Å². The van der Waals surface area contributed by atoms with Gasteiger partial charge in [-0.25, -0.2) is 15.0 Å². The van der Waals surface area contributed by atoms with Gasteiger partial charge in [0, 0.05) is 84.3 Å². The molecule has 0 saturated heterocycles. The van der Waals surface area contributed by atoms with Crippen LogP contribution in [0.2, 0.25) is 0 Å². The van der Waals surface area contributed by atoms with Crippen LogP contribution in [0.1, 0.15) is 104 Å². The molecule has 0 saturated carbocycles. The highest BCUT2D eigenvalue weighted by Gasteiger charge is 2.36. The van der Waals surface area contributed by atoms with Crippen LogP contribution in [-0.4, -0.2) is 19.5 Å². The van der Waals surface area contributed by atoms with E-state index in [4.69, 9.17) is 15.0 Å². The van der Waals surface area contributed by atoms with Crippen LogP contribution < -0.4 is 0 Å². The van der Waals surface area contributed by atoms with E-state index in [1.165, 1.54) is 90.0 Å². The normalized spacial score (nSPS) is 13.7. The molecule has 0 atom stereocenters. The maximum Gasteiger partial charge on any atom is 0.164 e. The standard InChI is InChI=1S/C72H62N4S2/c1-69(2,3)47-37-55-56-38-48(70(4,5)6)40-58-65(56)76(64(55)57(39-47)71(7,8)9)63-53(41-20-13-12-14-21-41)33-45(34-54(63)42-22-19-23-46(32-42)72(58,10)11)68-74-66(43-28-30-51-49-24-15-17-26-59(49)77-61(51)35-43)73-67(75-68)44-29-31-52-50-25-16-18-27-60(50)78-62(52)36-44/h12-40H,1-11H3. The molecule has 13 aromatic rings. The highest BCUT2D eigenvalue weighted by atomic mass is 32.1. The topological polar surface area (TPSA) is 43.6 Å². The number of benzene rings is 9. The van der Waals surface area contributed by atoms with Crippen molar-refractivity contribution in [3.05, 3.63) is 204 Å². The molecule has 14 rings (SSSR count). The van der Waals surface area contributed by atoms with Gasteiger partial charge in [-0.2, -0.15) is 0 Å². The van der Waals surface area contributed by atoms with Crippen LogP contribution >= 0.6 is 22.7 Å². The minimum Gasteiger partial charge on any atom is -0.307 e. The molecule has 382 valence electrons. The number of nitrogens with zero attached hydrogens (tertiary/aromatic N) is 4. The summed E-state index contributed by atoms with van der Waals surface area (Å²) in [6.45, 7) is 26.2. The molecular weight excluding hydrogens is 985 g/mol. The smallest absolute Gasteiger partial charge is 0.164 e. The maximum absolute atomic E-state index is 5.56. The zero-order chi connectivity index (χ0) is 53.8. The van der Waals surface area contributed by atoms with Crippen molar-refractivity contribution in [2.45, 2.75) is 97.8 Å². The first-order valence-electron chi connectivity index (χ1n) is 27.4.